The van der Waals surface area contributed by atoms with Crippen molar-refractivity contribution in [3.63, 3.8) is 0 Å². The van der Waals surface area contributed by atoms with Gasteiger partial charge in [-0.3, -0.25) is 9.59 Å². The molecule has 1 atom stereocenters. The number of aromatic nitrogens is 2. The van der Waals surface area contributed by atoms with E-state index in [2.05, 4.69) is 20.6 Å². The zero-order valence-corrected chi connectivity index (χ0v) is 17.0. The maximum atomic E-state index is 12.9. The lowest BCUT2D eigenvalue weighted by Crippen LogP contribution is -2.39. The number of rotatable bonds is 8. The first kappa shape index (κ1) is 24.2. The van der Waals surface area contributed by atoms with E-state index in [1.54, 1.807) is 6.92 Å². The second-order valence-corrected chi connectivity index (χ2v) is 6.22. The lowest BCUT2D eigenvalue weighted by molar-refractivity contribution is -0.142. The Labute approximate surface area is 180 Å². The van der Waals surface area contributed by atoms with E-state index >= 15 is 0 Å². The van der Waals surface area contributed by atoms with Gasteiger partial charge in [-0.15, -0.1) is 0 Å². The molecule has 0 spiro atoms. The first-order valence-corrected chi connectivity index (χ1v) is 9.13. The summed E-state index contributed by atoms with van der Waals surface area (Å²) in [6, 6.07) is 4.46. The number of nitrogen functional groups attached to an aromatic ring is 1. The molecule has 0 unspecified atom stereocenters. The topological polar surface area (TPSA) is 152 Å². The van der Waals surface area contributed by atoms with E-state index in [1.807, 2.05) is 6.07 Å². The van der Waals surface area contributed by atoms with Crippen molar-refractivity contribution in [1.82, 2.24) is 9.97 Å². The van der Waals surface area contributed by atoms with Crippen LogP contribution in [-0.2, 0) is 20.5 Å². The average molecular weight is 452 g/mol. The van der Waals surface area contributed by atoms with Crippen LogP contribution in [0.15, 0.2) is 24.3 Å². The highest BCUT2D eigenvalue weighted by Gasteiger charge is 2.31. The van der Waals surface area contributed by atoms with Gasteiger partial charge < -0.3 is 25.8 Å². The predicted octanol–water partition coefficient (Wildman–Crippen LogP) is 2.33. The number of carbonyl (C=O) groups is 2. The lowest BCUT2D eigenvalue weighted by Gasteiger charge is -2.20. The van der Waals surface area contributed by atoms with E-state index in [4.69, 9.17) is 15.2 Å². The third-order valence-electron chi connectivity index (χ3n) is 3.82. The van der Waals surface area contributed by atoms with Gasteiger partial charge >= 0.3 is 12.1 Å². The Balaban J connectivity index is 2.34. The van der Waals surface area contributed by atoms with E-state index in [0.29, 0.717) is 0 Å². The standard InChI is InChI=1S/C19H19F3N6O4/c1-3-31-17-13(8-23)15(27-18(24)28-17)26-14(9-32-10(2)29)16(30)25-12-6-4-5-11(7-12)19(20,21)22/h4-7,14H,3,9H2,1-2H3,(H,25,30)(H3,24,26,27,28)/t14-/m0/s1. The Morgan fingerprint density at radius 2 is 2.03 bits per heavy atom. The molecule has 2 rings (SSSR count). The number of carbonyl (C=O) groups excluding carboxylic acids is 2. The molecule has 10 nitrogen and oxygen atoms in total. The maximum Gasteiger partial charge on any atom is 0.416 e. The van der Waals surface area contributed by atoms with Crippen molar-refractivity contribution in [2.45, 2.75) is 26.1 Å². The second kappa shape index (κ2) is 10.3. The summed E-state index contributed by atoms with van der Waals surface area (Å²) in [6.07, 6.45) is -4.61. The van der Waals surface area contributed by atoms with Gasteiger partial charge in [0.25, 0.3) is 0 Å². The summed E-state index contributed by atoms with van der Waals surface area (Å²) in [7, 11) is 0. The van der Waals surface area contributed by atoms with Crippen LogP contribution in [0.2, 0.25) is 0 Å². The van der Waals surface area contributed by atoms with Crippen molar-refractivity contribution < 1.29 is 32.2 Å². The van der Waals surface area contributed by atoms with E-state index in [9.17, 15) is 28.0 Å². The third-order valence-corrected chi connectivity index (χ3v) is 3.82. The van der Waals surface area contributed by atoms with Gasteiger partial charge in [0.1, 0.15) is 18.7 Å². The molecule has 0 saturated carbocycles. The Hall–Kier alpha value is -4.08. The second-order valence-electron chi connectivity index (χ2n) is 6.22. The van der Waals surface area contributed by atoms with Crippen molar-refractivity contribution in [3.8, 4) is 11.9 Å². The number of nitrogens with zero attached hydrogens (tertiary/aromatic N) is 3. The molecule has 1 aromatic heterocycles. The minimum Gasteiger partial charge on any atom is -0.477 e. The predicted molar refractivity (Wildman–Crippen MR) is 106 cm³/mol. The molecule has 0 aliphatic heterocycles. The highest BCUT2D eigenvalue weighted by molar-refractivity contribution is 5.97. The minimum atomic E-state index is -4.61. The number of nitrogens with two attached hydrogens (primary N) is 1. The van der Waals surface area contributed by atoms with Crippen LogP contribution in [0.4, 0.5) is 30.6 Å². The largest absolute Gasteiger partial charge is 0.477 e. The summed E-state index contributed by atoms with van der Waals surface area (Å²) in [5, 5.41) is 14.4. The number of hydrogen-bond donors (Lipinski definition) is 3. The van der Waals surface area contributed by atoms with Crippen molar-refractivity contribution in [1.29, 1.82) is 5.26 Å². The van der Waals surface area contributed by atoms with Crippen LogP contribution in [0.3, 0.4) is 0 Å². The van der Waals surface area contributed by atoms with Gasteiger partial charge in [-0.2, -0.15) is 28.4 Å². The van der Waals surface area contributed by atoms with E-state index in [-0.39, 0.29) is 35.5 Å². The first-order valence-electron chi connectivity index (χ1n) is 9.13. The Morgan fingerprint density at radius 1 is 1.31 bits per heavy atom. The van der Waals surface area contributed by atoms with Gasteiger partial charge in [-0.1, -0.05) is 6.07 Å². The fourth-order valence-electron chi connectivity index (χ4n) is 2.45. The zero-order valence-electron chi connectivity index (χ0n) is 17.0. The molecular formula is C19H19F3N6O4. The summed E-state index contributed by atoms with van der Waals surface area (Å²) in [6.45, 7) is 2.41. The minimum absolute atomic E-state index is 0.130. The maximum absolute atomic E-state index is 12.9. The number of hydrogen-bond acceptors (Lipinski definition) is 9. The number of halogens is 3. The number of esters is 1. The van der Waals surface area contributed by atoms with Crippen molar-refractivity contribution in [3.05, 3.63) is 35.4 Å². The molecule has 0 aliphatic rings. The summed E-state index contributed by atoms with van der Waals surface area (Å²) in [5.41, 5.74) is 4.36. The highest BCUT2D eigenvalue weighted by atomic mass is 19.4. The van der Waals surface area contributed by atoms with Gasteiger partial charge in [0, 0.05) is 12.6 Å². The molecule has 0 fully saturated rings. The summed E-state index contributed by atoms with van der Waals surface area (Å²) in [4.78, 5) is 31.7. The fraction of sp³-hybridized carbons (Fsp3) is 0.316. The highest BCUT2D eigenvalue weighted by Crippen LogP contribution is 2.31. The molecule has 1 amide bonds. The Bertz CT molecular complexity index is 1040. The molecule has 1 heterocycles. The molecule has 0 saturated heterocycles. The van der Waals surface area contributed by atoms with E-state index in [1.165, 1.54) is 6.07 Å². The molecule has 13 heteroatoms. The quantitative estimate of drug-likeness (QED) is 0.512. The molecular weight excluding hydrogens is 433 g/mol. The van der Waals surface area contributed by atoms with Gasteiger partial charge in [-0.05, 0) is 25.1 Å². The molecule has 0 radical (unpaired) electrons. The number of ether oxygens (including phenoxy) is 2. The average Bonchev–Trinajstić information content (AvgIpc) is 2.70. The first-order chi connectivity index (χ1) is 15.0. The number of benzene rings is 1. The van der Waals surface area contributed by atoms with Crippen molar-refractivity contribution in [2.75, 3.05) is 29.6 Å². The molecule has 4 N–H and O–H groups in total. The van der Waals surface area contributed by atoms with Gasteiger partial charge in [0.15, 0.2) is 11.4 Å². The SMILES string of the molecule is CCOc1nc(N)nc(N[C@@H](COC(C)=O)C(=O)Nc2cccc(C(F)(F)F)c2)c1C#N. The van der Waals surface area contributed by atoms with Crippen molar-refractivity contribution >= 4 is 29.3 Å². The van der Waals surface area contributed by atoms with E-state index in [0.717, 1.165) is 25.1 Å². The summed E-state index contributed by atoms with van der Waals surface area (Å²) < 4.78 is 48.9. The number of nitrogens with one attached hydrogen (secondary N) is 2. The van der Waals surface area contributed by atoms with Crippen molar-refractivity contribution in [2.24, 2.45) is 0 Å². The monoisotopic (exact) mass is 452 g/mol. The fourth-order valence-corrected chi connectivity index (χ4v) is 2.45. The van der Waals surface area contributed by atoms with Gasteiger partial charge in [0.05, 0.1) is 12.2 Å². The van der Waals surface area contributed by atoms with Gasteiger partial charge in [-0.25, -0.2) is 0 Å². The van der Waals surface area contributed by atoms with E-state index < -0.39 is 36.3 Å². The zero-order chi connectivity index (χ0) is 23.9. The van der Waals surface area contributed by atoms with Crippen LogP contribution >= 0.6 is 0 Å². The molecule has 1 aromatic carbocycles. The van der Waals surface area contributed by atoms with Gasteiger partial charge in [0.2, 0.25) is 17.7 Å². The number of anilines is 3. The van der Waals surface area contributed by atoms with Crippen LogP contribution in [0, 0.1) is 11.3 Å². The smallest absolute Gasteiger partial charge is 0.416 e. The number of alkyl halides is 3. The normalized spacial score (nSPS) is 11.8. The summed E-state index contributed by atoms with van der Waals surface area (Å²) in [5.74, 6) is -2.14. The molecule has 0 aliphatic carbocycles. The Morgan fingerprint density at radius 3 is 2.62 bits per heavy atom. The van der Waals surface area contributed by atoms with Crippen LogP contribution in [0.1, 0.15) is 25.0 Å². The van der Waals surface area contributed by atoms with Crippen LogP contribution in [0.5, 0.6) is 5.88 Å². The number of amides is 1. The summed E-state index contributed by atoms with van der Waals surface area (Å²) >= 11 is 0. The lowest BCUT2D eigenvalue weighted by atomic mass is 10.2. The third kappa shape index (κ3) is 6.46. The molecule has 2 aromatic rings. The Kier molecular flexibility index (Phi) is 7.78. The molecule has 32 heavy (non-hydrogen) atoms. The molecule has 170 valence electrons. The van der Waals surface area contributed by atoms with Crippen LogP contribution in [0.25, 0.3) is 0 Å². The molecule has 0 bridgehead atoms. The number of nitriles is 1. The van der Waals surface area contributed by atoms with Crippen LogP contribution in [-0.4, -0.2) is 41.1 Å². The van der Waals surface area contributed by atoms with Crippen LogP contribution < -0.4 is 21.1 Å².